The van der Waals surface area contributed by atoms with Gasteiger partial charge in [-0.15, -0.1) is 0 Å². The van der Waals surface area contributed by atoms with Crippen molar-refractivity contribution in [3.63, 3.8) is 0 Å². The molecule has 0 bridgehead atoms. The van der Waals surface area contributed by atoms with Crippen molar-refractivity contribution in [3.8, 4) is 0 Å². The molecule has 28 heavy (non-hydrogen) atoms. The molecule has 0 aliphatic rings. The minimum Gasteiger partial charge on any atom is -0.356 e. The Kier molecular flexibility index (Phi) is 5.11. The van der Waals surface area contributed by atoms with Crippen LogP contribution in [0.1, 0.15) is 11.1 Å². The van der Waals surface area contributed by atoms with Crippen molar-refractivity contribution < 1.29 is 0 Å². The molecule has 4 aromatic rings. The van der Waals surface area contributed by atoms with E-state index in [9.17, 15) is 0 Å². The Hall–Kier alpha value is -3.52. The molecule has 0 radical (unpaired) electrons. The number of hydrogen-bond acceptors (Lipinski definition) is 2. The number of nitrogens with zero attached hydrogens (tertiary/aromatic N) is 1. The molecule has 138 valence electrons. The van der Waals surface area contributed by atoms with Crippen LogP contribution in [0.4, 0.5) is 28.4 Å². The first-order valence-corrected chi connectivity index (χ1v) is 9.55. The standard InChI is InChI=1S/C26H24N2/c1-20-8-12-22(13-9-20)27-23-14-18-26(19-15-23)28(24-6-4-3-5-7-24)25-16-10-21(2)11-17-25/h3-19,27H,1-2H3. The van der Waals surface area contributed by atoms with Gasteiger partial charge in [0.15, 0.2) is 0 Å². The molecule has 0 amide bonds. The number of nitrogens with one attached hydrogen (secondary N) is 1. The highest BCUT2D eigenvalue weighted by Crippen LogP contribution is 2.35. The summed E-state index contributed by atoms with van der Waals surface area (Å²) in [7, 11) is 0. The van der Waals surface area contributed by atoms with Crippen LogP contribution >= 0.6 is 0 Å². The van der Waals surface area contributed by atoms with Gasteiger partial charge in [0.2, 0.25) is 0 Å². The van der Waals surface area contributed by atoms with E-state index in [-0.39, 0.29) is 0 Å². The highest BCUT2D eigenvalue weighted by Gasteiger charge is 2.11. The van der Waals surface area contributed by atoms with Crippen molar-refractivity contribution in [3.05, 3.63) is 114 Å². The first kappa shape index (κ1) is 17.9. The van der Waals surface area contributed by atoms with Crippen molar-refractivity contribution in [2.75, 3.05) is 10.2 Å². The SMILES string of the molecule is Cc1ccc(Nc2ccc(N(c3ccccc3)c3ccc(C)cc3)cc2)cc1. The number of benzene rings is 4. The molecule has 0 fully saturated rings. The summed E-state index contributed by atoms with van der Waals surface area (Å²) in [5, 5.41) is 3.47. The molecule has 0 heterocycles. The van der Waals surface area contributed by atoms with E-state index < -0.39 is 0 Å². The van der Waals surface area contributed by atoms with E-state index in [1.54, 1.807) is 0 Å². The summed E-state index contributed by atoms with van der Waals surface area (Å²) >= 11 is 0. The molecule has 0 atom stereocenters. The Balaban J connectivity index is 1.65. The van der Waals surface area contributed by atoms with Crippen molar-refractivity contribution >= 4 is 28.4 Å². The first-order chi connectivity index (χ1) is 13.7. The maximum atomic E-state index is 3.47. The molecule has 0 spiro atoms. The van der Waals surface area contributed by atoms with Gasteiger partial charge in [0.05, 0.1) is 0 Å². The number of hydrogen-bond donors (Lipinski definition) is 1. The Morgan fingerprint density at radius 2 is 0.857 bits per heavy atom. The lowest BCUT2D eigenvalue weighted by Crippen LogP contribution is -2.09. The van der Waals surface area contributed by atoms with Gasteiger partial charge < -0.3 is 10.2 Å². The van der Waals surface area contributed by atoms with E-state index >= 15 is 0 Å². The minimum atomic E-state index is 1.07. The Labute approximate surface area is 167 Å². The van der Waals surface area contributed by atoms with Crippen LogP contribution in [0.3, 0.4) is 0 Å². The van der Waals surface area contributed by atoms with Crippen LogP contribution < -0.4 is 10.2 Å². The Bertz CT molecular complexity index is 1020. The fourth-order valence-corrected chi connectivity index (χ4v) is 3.22. The van der Waals surface area contributed by atoms with Gasteiger partial charge in [-0.25, -0.2) is 0 Å². The second-order valence-electron chi connectivity index (χ2n) is 7.04. The maximum Gasteiger partial charge on any atom is 0.0463 e. The third kappa shape index (κ3) is 4.07. The van der Waals surface area contributed by atoms with Gasteiger partial charge in [-0.3, -0.25) is 0 Å². The topological polar surface area (TPSA) is 15.3 Å². The summed E-state index contributed by atoms with van der Waals surface area (Å²) in [6.07, 6.45) is 0. The van der Waals surface area contributed by atoms with Crippen LogP contribution in [0.5, 0.6) is 0 Å². The Morgan fingerprint density at radius 1 is 0.464 bits per heavy atom. The molecule has 2 nitrogen and oxygen atoms in total. The van der Waals surface area contributed by atoms with Crippen LogP contribution in [0.2, 0.25) is 0 Å². The van der Waals surface area contributed by atoms with Crippen LogP contribution in [0.25, 0.3) is 0 Å². The zero-order valence-electron chi connectivity index (χ0n) is 16.3. The molecule has 0 saturated heterocycles. The predicted octanol–water partition coefficient (Wildman–Crippen LogP) is 7.52. The van der Waals surface area contributed by atoms with E-state index in [2.05, 4.69) is 121 Å². The lowest BCUT2D eigenvalue weighted by molar-refractivity contribution is 1.27. The molecule has 0 unspecified atom stereocenters. The van der Waals surface area contributed by atoms with Gasteiger partial charge in [0.1, 0.15) is 0 Å². The fraction of sp³-hybridized carbons (Fsp3) is 0.0769. The maximum absolute atomic E-state index is 3.47. The van der Waals surface area contributed by atoms with Crippen molar-refractivity contribution in [2.45, 2.75) is 13.8 Å². The molecule has 1 N–H and O–H groups in total. The first-order valence-electron chi connectivity index (χ1n) is 9.55. The molecular formula is C26H24N2. The second-order valence-corrected chi connectivity index (χ2v) is 7.04. The molecule has 4 rings (SSSR count). The van der Waals surface area contributed by atoms with Gasteiger partial charge in [-0.1, -0.05) is 53.6 Å². The number of rotatable bonds is 5. The summed E-state index contributed by atoms with van der Waals surface area (Å²) in [5.74, 6) is 0. The largest absolute Gasteiger partial charge is 0.356 e. The summed E-state index contributed by atoms with van der Waals surface area (Å²) in [6, 6.07) is 36.1. The van der Waals surface area contributed by atoms with Crippen LogP contribution in [0, 0.1) is 13.8 Å². The summed E-state index contributed by atoms with van der Waals surface area (Å²) in [4.78, 5) is 2.27. The summed E-state index contributed by atoms with van der Waals surface area (Å²) in [6.45, 7) is 4.21. The Morgan fingerprint density at radius 3 is 1.39 bits per heavy atom. The number of para-hydroxylation sites is 1. The number of anilines is 5. The smallest absolute Gasteiger partial charge is 0.0463 e. The van der Waals surface area contributed by atoms with Gasteiger partial charge >= 0.3 is 0 Å². The zero-order valence-corrected chi connectivity index (χ0v) is 16.3. The third-order valence-electron chi connectivity index (χ3n) is 4.77. The highest BCUT2D eigenvalue weighted by molar-refractivity contribution is 5.77. The van der Waals surface area contributed by atoms with Gasteiger partial charge in [0, 0.05) is 28.4 Å². The molecule has 0 aliphatic heterocycles. The lowest BCUT2D eigenvalue weighted by Gasteiger charge is -2.25. The van der Waals surface area contributed by atoms with E-state index in [0.717, 1.165) is 28.4 Å². The molecule has 0 aliphatic carbocycles. The molecule has 2 heteroatoms. The normalized spacial score (nSPS) is 10.5. The fourth-order valence-electron chi connectivity index (χ4n) is 3.22. The zero-order chi connectivity index (χ0) is 19.3. The van der Waals surface area contributed by atoms with Gasteiger partial charge in [0.25, 0.3) is 0 Å². The van der Waals surface area contributed by atoms with Gasteiger partial charge in [-0.05, 0) is 74.5 Å². The number of aryl methyl sites for hydroxylation is 2. The second kappa shape index (κ2) is 8.01. The van der Waals surface area contributed by atoms with E-state index in [1.807, 2.05) is 6.07 Å². The van der Waals surface area contributed by atoms with E-state index in [1.165, 1.54) is 11.1 Å². The summed E-state index contributed by atoms with van der Waals surface area (Å²) in [5.41, 5.74) is 8.11. The van der Waals surface area contributed by atoms with Crippen molar-refractivity contribution in [1.29, 1.82) is 0 Å². The van der Waals surface area contributed by atoms with E-state index in [0.29, 0.717) is 0 Å². The van der Waals surface area contributed by atoms with Gasteiger partial charge in [-0.2, -0.15) is 0 Å². The predicted molar refractivity (Wildman–Crippen MR) is 120 cm³/mol. The molecular weight excluding hydrogens is 340 g/mol. The summed E-state index contributed by atoms with van der Waals surface area (Å²) < 4.78 is 0. The lowest BCUT2D eigenvalue weighted by atomic mass is 10.1. The van der Waals surface area contributed by atoms with Crippen molar-refractivity contribution in [1.82, 2.24) is 0 Å². The monoisotopic (exact) mass is 364 g/mol. The van der Waals surface area contributed by atoms with Crippen molar-refractivity contribution in [2.24, 2.45) is 0 Å². The average molecular weight is 364 g/mol. The highest BCUT2D eigenvalue weighted by atomic mass is 15.1. The van der Waals surface area contributed by atoms with Crippen LogP contribution in [-0.2, 0) is 0 Å². The average Bonchev–Trinajstić information content (AvgIpc) is 2.73. The minimum absolute atomic E-state index is 1.07. The molecule has 0 aromatic heterocycles. The third-order valence-corrected chi connectivity index (χ3v) is 4.77. The quantitative estimate of drug-likeness (QED) is 0.394. The molecule has 4 aromatic carbocycles. The molecule has 0 saturated carbocycles. The van der Waals surface area contributed by atoms with E-state index in [4.69, 9.17) is 0 Å². The van der Waals surface area contributed by atoms with Crippen LogP contribution in [-0.4, -0.2) is 0 Å². The van der Waals surface area contributed by atoms with Crippen LogP contribution in [0.15, 0.2) is 103 Å².